The summed E-state index contributed by atoms with van der Waals surface area (Å²) < 4.78 is 26.8. The summed E-state index contributed by atoms with van der Waals surface area (Å²) in [6, 6.07) is 0.167. The van der Waals surface area contributed by atoms with Gasteiger partial charge in [0.2, 0.25) is 10.0 Å². The van der Waals surface area contributed by atoms with E-state index in [1.165, 1.54) is 0 Å². The molecule has 2 aliphatic rings. The van der Waals surface area contributed by atoms with E-state index in [-0.39, 0.29) is 6.04 Å². The van der Waals surface area contributed by atoms with E-state index in [4.69, 9.17) is 0 Å². The highest BCUT2D eigenvalue weighted by atomic mass is 32.2. The lowest BCUT2D eigenvalue weighted by atomic mass is 9.94. The topological polar surface area (TPSA) is 49.4 Å². The van der Waals surface area contributed by atoms with Crippen molar-refractivity contribution in [2.45, 2.75) is 45.6 Å². The smallest absolute Gasteiger partial charge is 0.214 e. The van der Waals surface area contributed by atoms with Gasteiger partial charge in [0, 0.05) is 12.6 Å². The first-order chi connectivity index (χ1) is 8.50. The van der Waals surface area contributed by atoms with Gasteiger partial charge in [0.15, 0.2) is 0 Å². The first-order valence-corrected chi connectivity index (χ1v) is 8.82. The van der Waals surface area contributed by atoms with E-state index < -0.39 is 10.0 Å². The minimum absolute atomic E-state index is 0.167. The van der Waals surface area contributed by atoms with Crippen LogP contribution in [0.25, 0.3) is 0 Å². The molecule has 2 rings (SSSR count). The van der Waals surface area contributed by atoms with Crippen molar-refractivity contribution < 1.29 is 8.42 Å². The highest BCUT2D eigenvalue weighted by molar-refractivity contribution is 7.89. The molecule has 18 heavy (non-hydrogen) atoms. The second kappa shape index (κ2) is 5.88. The lowest BCUT2D eigenvalue weighted by molar-refractivity contribution is 0.201. The van der Waals surface area contributed by atoms with Crippen LogP contribution in [0.2, 0.25) is 0 Å². The standard InChI is InChI=1S/C13H26N2O2S/c1-11-5-4-8-15(12(11)2)18(16,17)10-13-6-3-7-14-9-13/h11-14H,3-10H2,1-2H3. The number of nitrogens with zero attached hydrogens (tertiary/aromatic N) is 1. The third kappa shape index (κ3) is 3.25. The monoisotopic (exact) mass is 274 g/mol. The first kappa shape index (κ1) is 14.3. The van der Waals surface area contributed by atoms with Gasteiger partial charge in [-0.05, 0) is 57.5 Å². The van der Waals surface area contributed by atoms with Crippen LogP contribution >= 0.6 is 0 Å². The van der Waals surface area contributed by atoms with Crippen molar-refractivity contribution in [3.8, 4) is 0 Å². The molecule has 2 aliphatic heterocycles. The zero-order valence-corrected chi connectivity index (χ0v) is 12.4. The SMILES string of the molecule is CC1CCCN(S(=O)(=O)CC2CCCNC2)C1C. The Balaban J connectivity index is 2.00. The highest BCUT2D eigenvalue weighted by Crippen LogP contribution is 2.27. The van der Waals surface area contributed by atoms with Gasteiger partial charge >= 0.3 is 0 Å². The molecule has 1 N–H and O–H groups in total. The molecular weight excluding hydrogens is 248 g/mol. The van der Waals surface area contributed by atoms with E-state index in [2.05, 4.69) is 19.2 Å². The summed E-state index contributed by atoms with van der Waals surface area (Å²) in [5.74, 6) is 1.11. The van der Waals surface area contributed by atoms with Crippen molar-refractivity contribution >= 4 is 10.0 Å². The molecule has 5 heteroatoms. The average Bonchev–Trinajstić information content (AvgIpc) is 2.33. The van der Waals surface area contributed by atoms with Crippen molar-refractivity contribution in [3.05, 3.63) is 0 Å². The predicted octanol–water partition coefficient (Wildman–Crippen LogP) is 1.44. The Morgan fingerprint density at radius 1 is 1.22 bits per heavy atom. The van der Waals surface area contributed by atoms with Crippen LogP contribution in [0.15, 0.2) is 0 Å². The van der Waals surface area contributed by atoms with Gasteiger partial charge in [-0.2, -0.15) is 4.31 Å². The van der Waals surface area contributed by atoms with Crippen LogP contribution in [-0.2, 0) is 10.0 Å². The van der Waals surface area contributed by atoms with E-state index in [0.29, 0.717) is 24.1 Å². The van der Waals surface area contributed by atoms with Gasteiger partial charge in [-0.3, -0.25) is 0 Å². The molecule has 0 spiro atoms. The fourth-order valence-corrected chi connectivity index (χ4v) is 5.34. The van der Waals surface area contributed by atoms with Gasteiger partial charge in [-0.25, -0.2) is 8.42 Å². The Kier molecular flexibility index (Phi) is 4.67. The Hall–Kier alpha value is -0.130. The summed E-state index contributed by atoms with van der Waals surface area (Å²) in [7, 11) is -3.07. The molecule has 0 radical (unpaired) electrons. The Labute approximate surface area is 111 Å². The maximum absolute atomic E-state index is 12.5. The third-order valence-corrected chi connectivity index (χ3v) is 6.64. The molecule has 3 unspecified atom stereocenters. The predicted molar refractivity (Wildman–Crippen MR) is 73.9 cm³/mol. The van der Waals surface area contributed by atoms with Crippen LogP contribution in [0.1, 0.15) is 39.5 Å². The molecule has 0 bridgehead atoms. The molecule has 2 heterocycles. The van der Waals surface area contributed by atoms with Crippen molar-refractivity contribution in [3.63, 3.8) is 0 Å². The lowest BCUT2D eigenvalue weighted by Gasteiger charge is -2.37. The maximum Gasteiger partial charge on any atom is 0.214 e. The highest BCUT2D eigenvalue weighted by Gasteiger charge is 2.34. The van der Waals surface area contributed by atoms with E-state index in [1.54, 1.807) is 4.31 Å². The van der Waals surface area contributed by atoms with Crippen molar-refractivity contribution in [1.29, 1.82) is 0 Å². The minimum Gasteiger partial charge on any atom is -0.316 e. The summed E-state index contributed by atoms with van der Waals surface area (Å²) in [6.45, 7) is 6.83. The molecule has 3 atom stereocenters. The zero-order chi connectivity index (χ0) is 13.2. The average molecular weight is 274 g/mol. The fraction of sp³-hybridized carbons (Fsp3) is 1.00. The van der Waals surface area contributed by atoms with Gasteiger partial charge in [0.25, 0.3) is 0 Å². The van der Waals surface area contributed by atoms with E-state index in [0.717, 1.165) is 38.8 Å². The van der Waals surface area contributed by atoms with Gasteiger partial charge in [-0.15, -0.1) is 0 Å². The number of nitrogens with one attached hydrogen (secondary N) is 1. The quantitative estimate of drug-likeness (QED) is 0.847. The number of piperidine rings is 2. The largest absolute Gasteiger partial charge is 0.316 e. The van der Waals surface area contributed by atoms with E-state index >= 15 is 0 Å². The normalized spacial score (nSPS) is 35.6. The molecular formula is C13H26N2O2S. The Morgan fingerprint density at radius 3 is 2.67 bits per heavy atom. The fourth-order valence-electron chi connectivity index (χ4n) is 3.15. The molecule has 0 aliphatic carbocycles. The van der Waals surface area contributed by atoms with Crippen LogP contribution < -0.4 is 5.32 Å². The molecule has 0 aromatic rings. The van der Waals surface area contributed by atoms with Crippen molar-refractivity contribution in [2.24, 2.45) is 11.8 Å². The summed E-state index contributed by atoms with van der Waals surface area (Å²) in [6.07, 6.45) is 4.31. The third-order valence-electron chi connectivity index (χ3n) is 4.52. The second-order valence-corrected chi connectivity index (χ2v) is 7.93. The summed E-state index contributed by atoms with van der Waals surface area (Å²) in [5.41, 5.74) is 0. The molecule has 2 saturated heterocycles. The number of rotatable bonds is 3. The number of hydrogen-bond acceptors (Lipinski definition) is 3. The van der Waals surface area contributed by atoms with Gasteiger partial charge in [0.1, 0.15) is 0 Å². The van der Waals surface area contributed by atoms with Crippen LogP contribution in [0.3, 0.4) is 0 Å². The number of sulfonamides is 1. The first-order valence-electron chi connectivity index (χ1n) is 7.21. The van der Waals surface area contributed by atoms with Crippen molar-refractivity contribution in [2.75, 3.05) is 25.4 Å². The Bertz CT molecular complexity index is 363. The van der Waals surface area contributed by atoms with Crippen LogP contribution in [0.5, 0.6) is 0 Å². The van der Waals surface area contributed by atoms with Gasteiger partial charge in [-0.1, -0.05) is 6.92 Å². The molecule has 4 nitrogen and oxygen atoms in total. The minimum atomic E-state index is -3.07. The zero-order valence-electron chi connectivity index (χ0n) is 11.6. The molecule has 0 aromatic carbocycles. The summed E-state index contributed by atoms with van der Waals surface area (Å²) in [4.78, 5) is 0. The second-order valence-electron chi connectivity index (χ2n) is 5.96. The molecule has 0 aromatic heterocycles. The molecule has 0 saturated carbocycles. The van der Waals surface area contributed by atoms with Gasteiger partial charge in [0.05, 0.1) is 5.75 Å². The Morgan fingerprint density at radius 2 is 2.00 bits per heavy atom. The van der Waals surface area contributed by atoms with Crippen molar-refractivity contribution in [1.82, 2.24) is 9.62 Å². The van der Waals surface area contributed by atoms with Crippen LogP contribution in [-0.4, -0.2) is 44.2 Å². The van der Waals surface area contributed by atoms with Gasteiger partial charge < -0.3 is 5.32 Å². The molecule has 2 fully saturated rings. The van der Waals surface area contributed by atoms with E-state index in [1.807, 2.05) is 0 Å². The summed E-state index contributed by atoms with van der Waals surface area (Å²) >= 11 is 0. The number of hydrogen-bond donors (Lipinski definition) is 1. The molecule has 106 valence electrons. The van der Waals surface area contributed by atoms with Crippen LogP contribution in [0, 0.1) is 11.8 Å². The molecule has 0 amide bonds. The maximum atomic E-state index is 12.5. The van der Waals surface area contributed by atoms with Crippen LogP contribution in [0.4, 0.5) is 0 Å². The van der Waals surface area contributed by atoms with E-state index in [9.17, 15) is 8.42 Å². The summed E-state index contributed by atoms with van der Waals surface area (Å²) in [5, 5.41) is 3.30. The lowest BCUT2D eigenvalue weighted by Crippen LogP contribution is -2.48.